The summed E-state index contributed by atoms with van der Waals surface area (Å²) >= 11 is 5.94. The van der Waals surface area contributed by atoms with Crippen LogP contribution in [0.15, 0.2) is 6.20 Å². The van der Waals surface area contributed by atoms with E-state index in [0.717, 1.165) is 12.8 Å². The van der Waals surface area contributed by atoms with Crippen molar-refractivity contribution < 1.29 is 4.79 Å². The molecule has 2 rings (SSSR count). The highest BCUT2D eigenvalue weighted by Crippen LogP contribution is 2.16. The minimum atomic E-state index is -0.0673. The van der Waals surface area contributed by atoms with E-state index in [-0.39, 0.29) is 11.3 Å². The predicted octanol–water partition coefficient (Wildman–Crippen LogP) is 0.648. The van der Waals surface area contributed by atoms with Gasteiger partial charge in [-0.2, -0.15) is 15.4 Å². The van der Waals surface area contributed by atoms with Gasteiger partial charge in [0.25, 0.3) is 5.91 Å². The number of carbonyl (C=O) groups excluding carboxylic acids is 1. The Morgan fingerprint density at radius 2 is 2.29 bits per heavy atom. The summed E-state index contributed by atoms with van der Waals surface area (Å²) in [5.41, 5.74) is 0.373. The molecule has 1 aliphatic rings. The summed E-state index contributed by atoms with van der Waals surface area (Å²) in [6.07, 6.45) is 3.14. The number of rotatable bonds is 1. The fourth-order valence-corrected chi connectivity index (χ4v) is 1.71. The molecule has 2 heterocycles. The highest BCUT2D eigenvalue weighted by molar-refractivity contribution is 6.20. The Morgan fingerprint density at radius 1 is 1.57 bits per heavy atom. The minimum absolute atomic E-state index is 0.0673. The molecule has 0 radical (unpaired) electrons. The number of amides is 1. The largest absolute Gasteiger partial charge is 0.337 e. The van der Waals surface area contributed by atoms with E-state index in [9.17, 15) is 4.79 Å². The first-order chi connectivity index (χ1) is 6.77. The molecule has 76 valence electrons. The van der Waals surface area contributed by atoms with Crippen molar-refractivity contribution in [2.75, 3.05) is 13.1 Å². The number of carbonyl (C=O) groups is 1. The third-order valence-electron chi connectivity index (χ3n) is 2.35. The molecule has 0 spiro atoms. The Balaban J connectivity index is 1.99. The van der Waals surface area contributed by atoms with Gasteiger partial charge >= 0.3 is 0 Å². The quantitative estimate of drug-likeness (QED) is 0.699. The number of alkyl halides is 1. The second-order valence-electron chi connectivity index (χ2n) is 3.32. The van der Waals surface area contributed by atoms with Crippen LogP contribution in [0.4, 0.5) is 0 Å². The SMILES string of the molecule is O=C(c1cn[nH]n1)N1CCC(Cl)CC1. The average Bonchev–Trinajstić information content (AvgIpc) is 2.71. The van der Waals surface area contributed by atoms with Crippen LogP contribution in [0.25, 0.3) is 0 Å². The summed E-state index contributed by atoms with van der Waals surface area (Å²) in [5, 5.41) is 9.98. The normalized spacial score (nSPS) is 18.5. The first kappa shape index (κ1) is 9.45. The molecule has 0 saturated carbocycles. The zero-order chi connectivity index (χ0) is 9.97. The second-order valence-corrected chi connectivity index (χ2v) is 3.94. The first-order valence-electron chi connectivity index (χ1n) is 4.56. The number of piperidine rings is 1. The Labute approximate surface area is 86.4 Å². The fraction of sp³-hybridized carbons (Fsp3) is 0.625. The van der Waals surface area contributed by atoms with Gasteiger partial charge < -0.3 is 4.90 Å². The average molecular weight is 215 g/mol. The Kier molecular flexibility index (Phi) is 2.67. The van der Waals surface area contributed by atoms with E-state index in [1.165, 1.54) is 6.20 Å². The van der Waals surface area contributed by atoms with E-state index in [1.807, 2.05) is 0 Å². The number of aromatic amines is 1. The van der Waals surface area contributed by atoms with Crippen LogP contribution in [0.5, 0.6) is 0 Å². The number of likely N-dealkylation sites (tertiary alicyclic amines) is 1. The maximum Gasteiger partial charge on any atom is 0.276 e. The number of halogens is 1. The second kappa shape index (κ2) is 3.96. The van der Waals surface area contributed by atoms with E-state index in [2.05, 4.69) is 15.4 Å². The van der Waals surface area contributed by atoms with Gasteiger partial charge in [-0.15, -0.1) is 11.6 Å². The number of H-pyrrole nitrogens is 1. The van der Waals surface area contributed by atoms with Crippen molar-refractivity contribution in [3.63, 3.8) is 0 Å². The van der Waals surface area contributed by atoms with E-state index in [4.69, 9.17) is 11.6 Å². The summed E-state index contributed by atoms with van der Waals surface area (Å²) in [4.78, 5) is 13.5. The zero-order valence-electron chi connectivity index (χ0n) is 7.61. The van der Waals surface area contributed by atoms with Gasteiger partial charge in [-0.05, 0) is 12.8 Å². The number of nitrogens with one attached hydrogen (secondary N) is 1. The zero-order valence-corrected chi connectivity index (χ0v) is 8.37. The molecule has 0 bridgehead atoms. The third kappa shape index (κ3) is 1.87. The lowest BCUT2D eigenvalue weighted by atomic mass is 10.1. The van der Waals surface area contributed by atoms with Crippen molar-refractivity contribution in [3.8, 4) is 0 Å². The molecular formula is C8H11ClN4O. The summed E-state index contributed by atoms with van der Waals surface area (Å²) < 4.78 is 0. The van der Waals surface area contributed by atoms with Gasteiger partial charge in [0.15, 0.2) is 5.69 Å². The smallest absolute Gasteiger partial charge is 0.276 e. The van der Waals surface area contributed by atoms with Gasteiger partial charge in [0.1, 0.15) is 0 Å². The molecule has 14 heavy (non-hydrogen) atoms. The summed E-state index contributed by atoms with van der Waals surface area (Å²) in [6.45, 7) is 1.42. The highest BCUT2D eigenvalue weighted by Gasteiger charge is 2.23. The third-order valence-corrected chi connectivity index (χ3v) is 2.78. The molecule has 1 aromatic heterocycles. The molecule has 1 aliphatic heterocycles. The lowest BCUT2D eigenvalue weighted by Gasteiger charge is -2.28. The van der Waals surface area contributed by atoms with Crippen molar-refractivity contribution in [3.05, 3.63) is 11.9 Å². The molecule has 1 amide bonds. The van der Waals surface area contributed by atoms with Crippen LogP contribution in [0.3, 0.4) is 0 Å². The fourth-order valence-electron chi connectivity index (χ4n) is 1.52. The summed E-state index contributed by atoms with van der Waals surface area (Å²) in [5.74, 6) is -0.0673. The molecule has 0 unspecified atom stereocenters. The number of nitrogens with zero attached hydrogens (tertiary/aromatic N) is 3. The van der Waals surface area contributed by atoms with E-state index >= 15 is 0 Å². The molecule has 0 atom stereocenters. The van der Waals surface area contributed by atoms with E-state index in [0.29, 0.717) is 18.8 Å². The molecule has 5 nitrogen and oxygen atoms in total. The maximum atomic E-state index is 11.7. The monoisotopic (exact) mass is 214 g/mol. The maximum absolute atomic E-state index is 11.7. The van der Waals surface area contributed by atoms with Crippen molar-refractivity contribution >= 4 is 17.5 Å². The Bertz CT molecular complexity index is 305. The van der Waals surface area contributed by atoms with Gasteiger partial charge in [-0.3, -0.25) is 4.79 Å². The van der Waals surface area contributed by atoms with Crippen molar-refractivity contribution in [2.24, 2.45) is 0 Å². The Hall–Kier alpha value is -1.10. The van der Waals surface area contributed by atoms with Crippen molar-refractivity contribution in [1.29, 1.82) is 0 Å². The van der Waals surface area contributed by atoms with Gasteiger partial charge in [-0.1, -0.05) is 0 Å². The van der Waals surface area contributed by atoms with Crippen LogP contribution in [-0.4, -0.2) is 44.7 Å². The van der Waals surface area contributed by atoms with Crippen molar-refractivity contribution in [2.45, 2.75) is 18.2 Å². The molecule has 6 heteroatoms. The lowest BCUT2D eigenvalue weighted by Crippen LogP contribution is -2.38. The summed E-state index contributed by atoms with van der Waals surface area (Å²) in [7, 11) is 0. The summed E-state index contributed by atoms with van der Waals surface area (Å²) in [6, 6.07) is 0. The molecule has 1 fully saturated rings. The standard InChI is InChI=1S/C8H11ClN4O/c9-6-1-3-13(4-2-6)8(14)7-5-10-12-11-7/h5-6H,1-4H2,(H,10,11,12). The molecule has 1 N–H and O–H groups in total. The lowest BCUT2D eigenvalue weighted by molar-refractivity contribution is 0.0720. The highest BCUT2D eigenvalue weighted by atomic mass is 35.5. The van der Waals surface area contributed by atoms with E-state index < -0.39 is 0 Å². The van der Waals surface area contributed by atoms with Gasteiger partial charge in [0.05, 0.1) is 6.20 Å². The van der Waals surface area contributed by atoms with Gasteiger partial charge in [0, 0.05) is 18.5 Å². The molecule has 1 saturated heterocycles. The van der Waals surface area contributed by atoms with Crippen LogP contribution in [0, 0.1) is 0 Å². The minimum Gasteiger partial charge on any atom is -0.337 e. The van der Waals surface area contributed by atoms with Crippen LogP contribution >= 0.6 is 11.6 Å². The van der Waals surface area contributed by atoms with Gasteiger partial charge in [-0.25, -0.2) is 0 Å². The van der Waals surface area contributed by atoms with Crippen molar-refractivity contribution in [1.82, 2.24) is 20.3 Å². The van der Waals surface area contributed by atoms with Crippen LogP contribution < -0.4 is 0 Å². The predicted molar refractivity (Wildman–Crippen MR) is 51.2 cm³/mol. The van der Waals surface area contributed by atoms with Gasteiger partial charge in [0.2, 0.25) is 0 Å². The molecular weight excluding hydrogens is 204 g/mol. The molecule has 0 aliphatic carbocycles. The first-order valence-corrected chi connectivity index (χ1v) is 5.00. The topological polar surface area (TPSA) is 61.9 Å². The number of aromatic nitrogens is 3. The molecule has 1 aromatic rings. The molecule has 0 aromatic carbocycles. The Morgan fingerprint density at radius 3 is 2.86 bits per heavy atom. The van der Waals surface area contributed by atoms with Crippen LogP contribution in [-0.2, 0) is 0 Å². The van der Waals surface area contributed by atoms with E-state index in [1.54, 1.807) is 4.90 Å². The van der Waals surface area contributed by atoms with Crippen LogP contribution in [0.2, 0.25) is 0 Å². The number of hydrogen-bond acceptors (Lipinski definition) is 3. The number of hydrogen-bond donors (Lipinski definition) is 1. The van der Waals surface area contributed by atoms with Crippen LogP contribution in [0.1, 0.15) is 23.3 Å².